The Bertz CT molecular complexity index is 497. The number of carbonyl (C=O) groups is 1. The maximum absolute atomic E-state index is 12.4. The summed E-state index contributed by atoms with van der Waals surface area (Å²) in [4.78, 5) is 14.2. The molecule has 1 N–H and O–H groups in total. The molecule has 2 rings (SSSR count). The number of hydrogen-bond donors (Lipinski definition) is 1. The van der Waals surface area contributed by atoms with Gasteiger partial charge in [0.05, 0.1) is 13.2 Å². The van der Waals surface area contributed by atoms with E-state index in [1.54, 1.807) is 12.0 Å². The number of ether oxygens (including phenoxy) is 2. The molecule has 116 valence electrons. The van der Waals surface area contributed by atoms with Gasteiger partial charge in [-0.15, -0.1) is 0 Å². The van der Waals surface area contributed by atoms with Crippen LogP contribution in [0.15, 0.2) is 24.3 Å². The van der Waals surface area contributed by atoms with Crippen molar-refractivity contribution in [3.8, 4) is 5.75 Å². The zero-order chi connectivity index (χ0) is 15.5. The zero-order valence-electron chi connectivity index (χ0n) is 13.2. The van der Waals surface area contributed by atoms with E-state index in [0.717, 1.165) is 17.9 Å². The maximum atomic E-state index is 12.4. The molecule has 1 aromatic rings. The number of nitrogens with one attached hydrogen (secondary N) is 1. The van der Waals surface area contributed by atoms with E-state index in [-0.39, 0.29) is 12.1 Å². The van der Waals surface area contributed by atoms with Gasteiger partial charge in [0.2, 0.25) is 0 Å². The number of rotatable bonds is 2. The van der Waals surface area contributed by atoms with Crippen molar-refractivity contribution in [1.29, 1.82) is 0 Å². The van der Waals surface area contributed by atoms with Crippen molar-refractivity contribution in [3.05, 3.63) is 29.8 Å². The predicted molar refractivity (Wildman–Crippen MR) is 81.5 cm³/mol. The Morgan fingerprint density at radius 2 is 2.05 bits per heavy atom. The molecule has 0 spiro atoms. The molecule has 0 aromatic heterocycles. The van der Waals surface area contributed by atoms with Gasteiger partial charge in [-0.3, -0.25) is 4.90 Å². The summed E-state index contributed by atoms with van der Waals surface area (Å²) in [5.41, 5.74) is 0.505. The van der Waals surface area contributed by atoms with Gasteiger partial charge < -0.3 is 14.8 Å². The van der Waals surface area contributed by atoms with Crippen molar-refractivity contribution >= 4 is 6.09 Å². The summed E-state index contributed by atoms with van der Waals surface area (Å²) in [7, 11) is 1.65. The summed E-state index contributed by atoms with van der Waals surface area (Å²) >= 11 is 0. The van der Waals surface area contributed by atoms with Gasteiger partial charge in [-0.05, 0) is 26.8 Å². The first kappa shape index (κ1) is 15.6. The largest absolute Gasteiger partial charge is 0.496 e. The highest BCUT2D eigenvalue weighted by atomic mass is 16.6. The number of methoxy groups -OCH3 is 1. The monoisotopic (exact) mass is 292 g/mol. The van der Waals surface area contributed by atoms with E-state index < -0.39 is 5.60 Å². The van der Waals surface area contributed by atoms with Crippen LogP contribution in [0.25, 0.3) is 0 Å². The lowest BCUT2D eigenvalue weighted by Gasteiger charge is -2.37. The smallest absolute Gasteiger partial charge is 0.410 e. The van der Waals surface area contributed by atoms with Crippen LogP contribution in [0.2, 0.25) is 0 Å². The minimum absolute atomic E-state index is 0.0789. The molecule has 1 saturated heterocycles. The topological polar surface area (TPSA) is 50.8 Å². The van der Waals surface area contributed by atoms with E-state index in [1.165, 1.54) is 0 Å². The summed E-state index contributed by atoms with van der Waals surface area (Å²) in [5.74, 6) is 0.791. The van der Waals surface area contributed by atoms with E-state index in [9.17, 15) is 4.79 Å². The van der Waals surface area contributed by atoms with Gasteiger partial charge in [-0.25, -0.2) is 4.79 Å². The van der Waals surface area contributed by atoms with Crippen LogP contribution in [0.1, 0.15) is 32.4 Å². The number of amides is 1. The Balaban J connectivity index is 2.25. The van der Waals surface area contributed by atoms with Gasteiger partial charge in [-0.2, -0.15) is 0 Å². The van der Waals surface area contributed by atoms with E-state index >= 15 is 0 Å². The number of nitrogens with zero attached hydrogens (tertiary/aromatic N) is 1. The average molecular weight is 292 g/mol. The molecule has 1 atom stereocenters. The molecule has 0 aliphatic carbocycles. The molecule has 1 fully saturated rings. The van der Waals surface area contributed by atoms with Gasteiger partial charge in [-0.1, -0.05) is 18.2 Å². The Morgan fingerprint density at radius 3 is 2.71 bits per heavy atom. The molecule has 0 saturated carbocycles. The number of carbonyl (C=O) groups excluding carboxylic acids is 1. The second-order valence-corrected chi connectivity index (χ2v) is 6.14. The quantitative estimate of drug-likeness (QED) is 0.910. The predicted octanol–water partition coefficient (Wildman–Crippen LogP) is 2.58. The SMILES string of the molecule is COc1ccccc1[C@H]1CNCCN1C(=O)OC(C)(C)C. The summed E-state index contributed by atoms with van der Waals surface area (Å²) in [5, 5.41) is 3.33. The van der Waals surface area contributed by atoms with Crippen LogP contribution in [0.5, 0.6) is 5.75 Å². The zero-order valence-corrected chi connectivity index (χ0v) is 13.2. The second kappa shape index (κ2) is 6.35. The van der Waals surface area contributed by atoms with Crippen LogP contribution in [-0.2, 0) is 4.74 Å². The summed E-state index contributed by atoms with van der Waals surface area (Å²) in [6, 6.07) is 7.71. The molecule has 1 amide bonds. The molecular weight excluding hydrogens is 268 g/mol. The van der Waals surface area contributed by atoms with Crippen molar-refractivity contribution < 1.29 is 14.3 Å². The molecule has 0 bridgehead atoms. The molecule has 1 heterocycles. The standard InChI is InChI=1S/C16H24N2O3/c1-16(2,3)21-15(19)18-10-9-17-11-13(18)12-7-5-6-8-14(12)20-4/h5-8,13,17H,9-11H2,1-4H3/t13-/m1/s1. The van der Waals surface area contributed by atoms with Crippen molar-refractivity contribution in [2.45, 2.75) is 32.4 Å². The molecule has 1 aliphatic heterocycles. The fraction of sp³-hybridized carbons (Fsp3) is 0.562. The first-order valence-electron chi connectivity index (χ1n) is 7.25. The van der Waals surface area contributed by atoms with Crippen LogP contribution in [0.4, 0.5) is 4.79 Å². The Kier molecular flexibility index (Phi) is 4.73. The van der Waals surface area contributed by atoms with Gasteiger partial charge in [0.25, 0.3) is 0 Å². The van der Waals surface area contributed by atoms with E-state index in [1.807, 2.05) is 45.0 Å². The number of para-hydroxylation sites is 1. The third kappa shape index (κ3) is 3.88. The van der Waals surface area contributed by atoms with Gasteiger partial charge in [0.1, 0.15) is 11.4 Å². The highest BCUT2D eigenvalue weighted by molar-refractivity contribution is 5.69. The van der Waals surface area contributed by atoms with E-state index in [4.69, 9.17) is 9.47 Å². The summed E-state index contributed by atoms with van der Waals surface area (Å²) in [6.45, 7) is 7.73. The minimum Gasteiger partial charge on any atom is -0.496 e. The van der Waals surface area contributed by atoms with Crippen LogP contribution in [-0.4, -0.2) is 43.3 Å². The Hall–Kier alpha value is -1.75. The van der Waals surface area contributed by atoms with Gasteiger partial charge in [0.15, 0.2) is 0 Å². The lowest BCUT2D eigenvalue weighted by molar-refractivity contribution is 0.0116. The second-order valence-electron chi connectivity index (χ2n) is 6.14. The number of piperazine rings is 1. The lowest BCUT2D eigenvalue weighted by Crippen LogP contribution is -2.50. The van der Waals surface area contributed by atoms with Crippen LogP contribution >= 0.6 is 0 Å². The number of hydrogen-bond acceptors (Lipinski definition) is 4. The molecule has 1 aromatic carbocycles. The van der Waals surface area contributed by atoms with Crippen molar-refractivity contribution in [1.82, 2.24) is 10.2 Å². The van der Waals surface area contributed by atoms with Crippen molar-refractivity contribution in [2.24, 2.45) is 0 Å². The molecule has 21 heavy (non-hydrogen) atoms. The summed E-state index contributed by atoms with van der Waals surface area (Å²) in [6.07, 6.45) is -0.278. The Labute approximate surface area is 126 Å². The highest BCUT2D eigenvalue weighted by Gasteiger charge is 2.32. The van der Waals surface area contributed by atoms with E-state index in [2.05, 4.69) is 5.32 Å². The number of benzene rings is 1. The first-order valence-corrected chi connectivity index (χ1v) is 7.25. The average Bonchev–Trinajstić information content (AvgIpc) is 2.45. The lowest BCUT2D eigenvalue weighted by atomic mass is 10.0. The highest BCUT2D eigenvalue weighted by Crippen LogP contribution is 2.31. The molecule has 5 heteroatoms. The maximum Gasteiger partial charge on any atom is 0.410 e. The van der Waals surface area contributed by atoms with Gasteiger partial charge in [0, 0.05) is 25.2 Å². The van der Waals surface area contributed by atoms with Crippen LogP contribution in [0, 0.1) is 0 Å². The summed E-state index contributed by atoms with van der Waals surface area (Å²) < 4.78 is 10.9. The molecule has 1 aliphatic rings. The van der Waals surface area contributed by atoms with E-state index in [0.29, 0.717) is 13.1 Å². The molecule has 5 nitrogen and oxygen atoms in total. The minimum atomic E-state index is -0.493. The van der Waals surface area contributed by atoms with Crippen LogP contribution < -0.4 is 10.1 Å². The molecular formula is C16H24N2O3. The third-order valence-electron chi connectivity index (χ3n) is 3.37. The molecule has 0 unspecified atom stereocenters. The van der Waals surface area contributed by atoms with Crippen LogP contribution in [0.3, 0.4) is 0 Å². The fourth-order valence-corrected chi connectivity index (χ4v) is 2.46. The van der Waals surface area contributed by atoms with Crippen molar-refractivity contribution in [2.75, 3.05) is 26.7 Å². The first-order chi connectivity index (χ1) is 9.92. The van der Waals surface area contributed by atoms with Crippen molar-refractivity contribution in [3.63, 3.8) is 0 Å². The van der Waals surface area contributed by atoms with Gasteiger partial charge >= 0.3 is 6.09 Å². The normalized spacial score (nSPS) is 19.2. The molecule has 0 radical (unpaired) electrons. The Morgan fingerprint density at radius 1 is 1.33 bits per heavy atom. The fourth-order valence-electron chi connectivity index (χ4n) is 2.46. The third-order valence-corrected chi connectivity index (χ3v) is 3.37.